The standard InChI is InChI=1S/C9H11F3N2/c1-2-7(13)6-4-3-5-14-8(6)9(10,11)12/h3-5,7H,2,13H2,1H3. The van der Waals surface area contributed by atoms with Crippen molar-refractivity contribution < 1.29 is 13.2 Å². The van der Waals surface area contributed by atoms with Gasteiger partial charge in [0.05, 0.1) is 0 Å². The molecule has 5 heteroatoms. The molecule has 2 N–H and O–H groups in total. The molecule has 1 heterocycles. The summed E-state index contributed by atoms with van der Waals surface area (Å²) in [6.45, 7) is 1.73. The minimum atomic E-state index is -4.43. The largest absolute Gasteiger partial charge is 0.433 e. The van der Waals surface area contributed by atoms with Crippen molar-refractivity contribution in [1.29, 1.82) is 0 Å². The minimum Gasteiger partial charge on any atom is -0.324 e. The molecule has 0 saturated carbocycles. The van der Waals surface area contributed by atoms with E-state index in [1.54, 1.807) is 6.92 Å². The lowest BCUT2D eigenvalue weighted by Gasteiger charge is -2.15. The van der Waals surface area contributed by atoms with E-state index in [-0.39, 0.29) is 5.56 Å². The number of aromatic nitrogens is 1. The van der Waals surface area contributed by atoms with E-state index in [0.717, 1.165) is 6.20 Å². The summed E-state index contributed by atoms with van der Waals surface area (Å²) in [6.07, 6.45) is -2.85. The maximum Gasteiger partial charge on any atom is 0.433 e. The summed E-state index contributed by atoms with van der Waals surface area (Å²) < 4.78 is 37.3. The van der Waals surface area contributed by atoms with Gasteiger partial charge in [0.15, 0.2) is 0 Å². The molecule has 0 aliphatic rings. The van der Waals surface area contributed by atoms with Gasteiger partial charge in [-0.05, 0) is 18.1 Å². The average Bonchev–Trinajstić information content (AvgIpc) is 2.15. The molecule has 2 nitrogen and oxygen atoms in total. The van der Waals surface area contributed by atoms with Crippen LogP contribution in [0.5, 0.6) is 0 Å². The molecule has 1 aromatic heterocycles. The first-order chi connectivity index (χ1) is 6.46. The lowest BCUT2D eigenvalue weighted by molar-refractivity contribution is -0.142. The Kier molecular flexibility index (Phi) is 3.10. The lowest BCUT2D eigenvalue weighted by atomic mass is 10.0. The normalized spacial score (nSPS) is 14.1. The van der Waals surface area contributed by atoms with Crippen LogP contribution in [0.15, 0.2) is 18.3 Å². The highest BCUT2D eigenvalue weighted by Gasteiger charge is 2.35. The summed E-state index contributed by atoms with van der Waals surface area (Å²) in [6, 6.07) is 2.21. The predicted molar refractivity (Wildman–Crippen MR) is 46.5 cm³/mol. The van der Waals surface area contributed by atoms with Crippen LogP contribution < -0.4 is 5.73 Å². The van der Waals surface area contributed by atoms with Gasteiger partial charge in [-0.15, -0.1) is 0 Å². The second-order valence-corrected chi connectivity index (χ2v) is 2.95. The Morgan fingerprint density at radius 3 is 2.64 bits per heavy atom. The molecule has 0 bridgehead atoms. The SMILES string of the molecule is CCC(N)c1cccnc1C(F)(F)F. The molecule has 1 rings (SSSR count). The Labute approximate surface area is 79.9 Å². The highest BCUT2D eigenvalue weighted by Crippen LogP contribution is 2.32. The molecule has 0 fully saturated rings. The summed E-state index contributed by atoms with van der Waals surface area (Å²) in [5, 5.41) is 0. The summed E-state index contributed by atoms with van der Waals surface area (Å²) in [5.74, 6) is 0. The van der Waals surface area contributed by atoms with Gasteiger partial charge in [0.25, 0.3) is 0 Å². The van der Waals surface area contributed by atoms with Crippen LogP contribution in [0.4, 0.5) is 13.2 Å². The summed E-state index contributed by atoms with van der Waals surface area (Å²) in [5.41, 5.74) is 4.73. The fraction of sp³-hybridized carbons (Fsp3) is 0.444. The summed E-state index contributed by atoms with van der Waals surface area (Å²) in [4.78, 5) is 3.31. The van der Waals surface area contributed by atoms with E-state index in [4.69, 9.17) is 5.73 Å². The van der Waals surface area contributed by atoms with Gasteiger partial charge < -0.3 is 5.73 Å². The molecular weight excluding hydrogens is 193 g/mol. The van der Waals surface area contributed by atoms with Gasteiger partial charge in [-0.2, -0.15) is 13.2 Å². The van der Waals surface area contributed by atoms with E-state index in [0.29, 0.717) is 6.42 Å². The first kappa shape index (κ1) is 11.0. The monoisotopic (exact) mass is 204 g/mol. The molecule has 1 aromatic rings. The molecule has 0 spiro atoms. The minimum absolute atomic E-state index is 0.0579. The van der Waals surface area contributed by atoms with Crippen molar-refractivity contribution in [3.8, 4) is 0 Å². The van der Waals surface area contributed by atoms with Crippen molar-refractivity contribution in [2.45, 2.75) is 25.6 Å². The number of hydrogen-bond acceptors (Lipinski definition) is 2. The van der Waals surface area contributed by atoms with Crippen LogP contribution in [0, 0.1) is 0 Å². The fourth-order valence-corrected chi connectivity index (χ4v) is 1.17. The van der Waals surface area contributed by atoms with Gasteiger partial charge in [-0.1, -0.05) is 13.0 Å². The number of pyridine rings is 1. The molecule has 14 heavy (non-hydrogen) atoms. The molecule has 0 radical (unpaired) electrons. The molecule has 0 amide bonds. The van der Waals surface area contributed by atoms with Crippen molar-refractivity contribution in [3.63, 3.8) is 0 Å². The van der Waals surface area contributed by atoms with Gasteiger partial charge in [0, 0.05) is 12.2 Å². The molecule has 78 valence electrons. The van der Waals surface area contributed by atoms with Crippen molar-refractivity contribution in [1.82, 2.24) is 4.98 Å². The van der Waals surface area contributed by atoms with E-state index in [2.05, 4.69) is 4.98 Å². The number of hydrogen-bond donors (Lipinski definition) is 1. The number of halogens is 3. The zero-order valence-electron chi connectivity index (χ0n) is 7.67. The van der Waals surface area contributed by atoms with Crippen LogP contribution in [0.2, 0.25) is 0 Å². The Balaban J connectivity index is 3.16. The Bertz CT molecular complexity index is 309. The van der Waals surface area contributed by atoms with Gasteiger partial charge >= 0.3 is 6.18 Å². The van der Waals surface area contributed by atoms with Crippen molar-refractivity contribution >= 4 is 0 Å². The number of nitrogens with two attached hydrogens (primary N) is 1. The topological polar surface area (TPSA) is 38.9 Å². The fourth-order valence-electron chi connectivity index (χ4n) is 1.17. The first-order valence-electron chi connectivity index (χ1n) is 4.24. The van der Waals surface area contributed by atoms with E-state index >= 15 is 0 Å². The molecule has 1 atom stereocenters. The molecule has 0 aliphatic heterocycles. The number of nitrogens with zero attached hydrogens (tertiary/aromatic N) is 1. The van der Waals surface area contributed by atoms with E-state index < -0.39 is 17.9 Å². The predicted octanol–water partition coefficient (Wildman–Crippen LogP) is 2.51. The van der Waals surface area contributed by atoms with Crippen LogP contribution in [0.1, 0.15) is 30.6 Å². The quantitative estimate of drug-likeness (QED) is 0.803. The van der Waals surface area contributed by atoms with Crippen LogP contribution in [0.3, 0.4) is 0 Å². The third-order valence-electron chi connectivity index (χ3n) is 1.95. The van der Waals surface area contributed by atoms with E-state index in [1.165, 1.54) is 12.1 Å². The summed E-state index contributed by atoms with van der Waals surface area (Å²) >= 11 is 0. The van der Waals surface area contributed by atoms with Crippen molar-refractivity contribution in [3.05, 3.63) is 29.6 Å². The zero-order chi connectivity index (χ0) is 10.8. The molecule has 0 aliphatic carbocycles. The Hall–Kier alpha value is -1.10. The van der Waals surface area contributed by atoms with E-state index in [9.17, 15) is 13.2 Å². The Morgan fingerprint density at radius 1 is 1.50 bits per heavy atom. The smallest absolute Gasteiger partial charge is 0.324 e. The molecule has 0 aromatic carbocycles. The maximum absolute atomic E-state index is 12.4. The third kappa shape index (κ3) is 2.23. The van der Waals surface area contributed by atoms with Gasteiger partial charge in [0.1, 0.15) is 5.69 Å². The zero-order valence-corrected chi connectivity index (χ0v) is 7.67. The number of rotatable bonds is 2. The average molecular weight is 204 g/mol. The Morgan fingerprint density at radius 2 is 2.14 bits per heavy atom. The van der Waals surface area contributed by atoms with Gasteiger partial charge in [-0.25, -0.2) is 0 Å². The van der Waals surface area contributed by atoms with Gasteiger partial charge in [-0.3, -0.25) is 4.98 Å². The lowest BCUT2D eigenvalue weighted by Crippen LogP contribution is -2.18. The molecular formula is C9H11F3N2. The first-order valence-corrected chi connectivity index (χ1v) is 4.24. The van der Waals surface area contributed by atoms with Crippen LogP contribution in [0.25, 0.3) is 0 Å². The van der Waals surface area contributed by atoms with Crippen LogP contribution in [-0.4, -0.2) is 4.98 Å². The van der Waals surface area contributed by atoms with Crippen molar-refractivity contribution in [2.75, 3.05) is 0 Å². The summed E-state index contributed by atoms with van der Waals surface area (Å²) in [7, 11) is 0. The highest BCUT2D eigenvalue weighted by atomic mass is 19.4. The van der Waals surface area contributed by atoms with E-state index in [1.807, 2.05) is 0 Å². The third-order valence-corrected chi connectivity index (χ3v) is 1.95. The number of alkyl halides is 3. The van der Waals surface area contributed by atoms with Crippen LogP contribution >= 0.6 is 0 Å². The molecule has 0 saturated heterocycles. The highest BCUT2D eigenvalue weighted by molar-refractivity contribution is 5.25. The molecule has 1 unspecified atom stereocenters. The van der Waals surface area contributed by atoms with Gasteiger partial charge in [0.2, 0.25) is 0 Å². The second kappa shape index (κ2) is 3.96. The second-order valence-electron chi connectivity index (χ2n) is 2.95. The van der Waals surface area contributed by atoms with Crippen molar-refractivity contribution in [2.24, 2.45) is 5.73 Å². The van der Waals surface area contributed by atoms with Crippen LogP contribution in [-0.2, 0) is 6.18 Å². The maximum atomic E-state index is 12.4.